The van der Waals surface area contributed by atoms with E-state index in [1.807, 2.05) is 0 Å². The van der Waals surface area contributed by atoms with E-state index in [2.05, 4.69) is 16.0 Å². The van der Waals surface area contributed by atoms with E-state index in [0.29, 0.717) is 35.4 Å². The van der Waals surface area contributed by atoms with E-state index >= 15 is 0 Å². The van der Waals surface area contributed by atoms with Crippen molar-refractivity contribution >= 4 is 23.0 Å². The van der Waals surface area contributed by atoms with Gasteiger partial charge in [-0.1, -0.05) is 60.7 Å². The van der Waals surface area contributed by atoms with Gasteiger partial charge in [-0.15, -0.1) is 0 Å². The van der Waals surface area contributed by atoms with Crippen molar-refractivity contribution in [2.24, 2.45) is 0 Å². The number of halogens is 12. The first-order chi connectivity index (χ1) is 22.2. The average Bonchev–Trinajstić information content (AvgIpc) is 2.99. The fourth-order valence-electron chi connectivity index (χ4n) is 4.79. The molecule has 0 saturated carbocycles. The summed E-state index contributed by atoms with van der Waals surface area (Å²) in [5.41, 5.74) is -6.33. The molecule has 2 atom stereocenters. The molecule has 0 saturated heterocycles. The number of anilines is 1. The van der Waals surface area contributed by atoms with Crippen LogP contribution in [-0.4, -0.2) is 5.11 Å². The second-order valence-corrected chi connectivity index (χ2v) is 10.9. The SMILES string of the molecule is FC(F)(F)c1cc(CNC(c2ccccc2)[C@H](NC(=S)Nc2cc(C(F)(F)F)cc(C(F)(F)F)c2)c2ccccc2)cc(C(F)(F)F)c1. The molecule has 3 nitrogen and oxygen atoms in total. The van der Waals surface area contributed by atoms with Crippen LogP contribution >= 0.6 is 12.2 Å². The van der Waals surface area contributed by atoms with Crippen LogP contribution in [0.1, 0.15) is 51.0 Å². The van der Waals surface area contributed by atoms with Crippen molar-refractivity contribution in [1.82, 2.24) is 10.6 Å². The van der Waals surface area contributed by atoms with Crippen LogP contribution in [0.5, 0.6) is 0 Å². The molecule has 0 amide bonds. The zero-order chi connectivity index (χ0) is 35.5. The number of alkyl halides is 12. The van der Waals surface area contributed by atoms with Crippen molar-refractivity contribution in [1.29, 1.82) is 0 Å². The van der Waals surface area contributed by atoms with Crippen LogP contribution in [0, 0.1) is 0 Å². The second kappa shape index (κ2) is 14.0. The lowest BCUT2D eigenvalue weighted by Crippen LogP contribution is -2.40. The highest BCUT2D eigenvalue weighted by Gasteiger charge is 2.38. The molecular weight excluding hydrogens is 686 g/mol. The maximum Gasteiger partial charge on any atom is 0.416 e. The van der Waals surface area contributed by atoms with E-state index in [1.165, 1.54) is 0 Å². The number of rotatable bonds is 8. The van der Waals surface area contributed by atoms with Crippen molar-refractivity contribution in [3.63, 3.8) is 0 Å². The molecule has 48 heavy (non-hydrogen) atoms. The van der Waals surface area contributed by atoms with Gasteiger partial charge in [0.05, 0.1) is 34.3 Å². The highest BCUT2D eigenvalue weighted by molar-refractivity contribution is 7.80. The predicted molar refractivity (Wildman–Crippen MR) is 157 cm³/mol. The Hall–Kier alpha value is -4.31. The second-order valence-electron chi connectivity index (χ2n) is 10.5. The smallest absolute Gasteiger partial charge is 0.354 e. The summed E-state index contributed by atoms with van der Waals surface area (Å²) >= 11 is 5.29. The summed E-state index contributed by atoms with van der Waals surface area (Å²) < 4.78 is 162. The molecule has 0 aliphatic rings. The van der Waals surface area contributed by atoms with E-state index in [9.17, 15) is 52.7 Å². The van der Waals surface area contributed by atoms with Crippen molar-refractivity contribution in [2.45, 2.75) is 43.3 Å². The third-order valence-electron chi connectivity index (χ3n) is 6.96. The van der Waals surface area contributed by atoms with Gasteiger partial charge in [0.15, 0.2) is 5.11 Å². The van der Waals surface area contributed by atoms with E-state index in [4.69, 9.17) is 12.2 Å². The molecule has 3 N–H and O–H groups in total. The minimum absolute atomic E-state index is 0.00536. The molecule has 4 aromatic carbocycles. The van der Waals surface area contributed by atoms with Gasteiger partial charge in [-0.25, -0.2) is 0 Å². The molecule has 0 heterocycles. The van der Waals surface area contributed by atoms with Gasteiger partial charge in [0.1, 0.15) is 0 Å². The Balaban J connectivity index is 1.72. The molecule has 0 bridgehead atoms. The Labute approximate surface area is 271 Å². The monoisotopic (exact) mass is 709 g/mol. The minimum atomic E-state index is -5.13. The van der Waals surface area contributed by atoms with Crippen LogP contribution in [0.25, 0.3) is 0 Å². The summed E-state index contributed by atoms with van der Waals surface area (Å²) in [4.78, 5) is 0. The van der Waals surface area contributed by atoms with Gasteiger partial charge < -0.3 is 16.0 Å². The molecular formula is C32H23F12N3S. The quantitative estimate of drug-likeness (QED) is 0.126. The lowest BCUT2D eigenvalue weighted by Gasteiger charge is -2.31. The van der Waals surface area contributed by atoms with Crippen LogP contribution in [0.15, 0.2) is 97.1 Å². The van der Waals surface area contributed by atoms with E-state index in [1.54, 1.807) is 60.7 Å². The van der Waals surface area contributed by atoms with Gasteiger partial charge in [0.2, 0.25) is 0 Å². The van der Waals surface area contributed by atoms with Crippen LogP contribution in [0.3, 0.4) is 0 Å². The first-order valence-electron chi connectivity index (χ1n) is 13.7. The molecule has 0 radical (unpaired) electrons. The number of hydrogen-bond donors (Lipinski definition) is 3. The molecule has 0 spiro atoms. The van der Waals surface area contributed by atoms with Crippen molar-refractivity contribution < 1.29 is 52.7 Å². The average molecular weight is 710 g/mol. The fourth-order valence-corrected chi connectivity index (χ4v) is 5.04. The molecule has 0 aliphatic heterocycles. The highest BCUT2D eigenvalue weighted by Crippen LogP contribution is 2.39. The van der Waals surface area contributed by atoms with Gasteiger partial charge in [0, 0.05) is 12.2 Å². The molecule has 16 heteroatoms. The van der Waals surface area contributed by atoms with Crippen LogP contribution in [-0.2, 0) is 31.2 Å². The van der Waals surface area contributed by atoms with Crippen molar-refractivity contribution in [3.05, 3.63) is 136 Å². The Bertz CT molecular complexity index is 1640. The number of nitrogens with one attached hydrogen (secondary N) is 3. The van der Waals surface area contributed by atoms with Crippen LogP contribution in [0.4, 0.5) is 58.4 Å². The third kappa shape index (κ3) is 9.62. The molecule has 1 unspecified atom stereocenters. The van der Waals surface area contributed by atoms with Crippen LogP contribution in [0.2, 0.25) is 0 Å². The van der Waals surface area contributed by atoms with Gasteiger partial charge in [0.25, 0.3) is 0 Å². The molecule has 0 aromatic heterocycles. The maximum atomic E-state index is 13.5. The summed E-state index contributed by atoms with van der Waals surface area (Å²) in [6.07, 6.45) is -20.4. The summed E-state index contributed by atoms with van der Waals surface area (Å²) in [7, 11) is 0. The number of hydrogen-bond acceptors (Lipinski definition) is 2. The molecule has 4 aromatic rings. The third-order valence-corrected chi connectivity index (χ3v) is 7.18. The van der Waals surface area contributed by atoms with E-state index in [0.717, 1.165) is 0 Å². The zero-order valence-corrected chi connectivity index (χ0v) is 24.9. The van der Waals surface area contributed by atoms with Crippen LogP contribution < -0.4 is 16.0 Å². The summed E-state index contributed by atoms with van der Waals surface area (Å²) in [6, 6.07) is 16.0. The van der Waals surface area contributed by atoms with Crippen molar-refractivity contribution in [3.8, 4) is 0 Å². The normalized spacial score (nSPS) is 13.9. The first kappa shape index (κ1) is 36.5. The van der Waals surface area contributed by atoms with E-state index < -0.39 is 76.4 Å². The Morgan fingerprint density at radius 3 is 1.29 bits per heavy atom. The van der Waals surface area contributed by atoms with Gasteiger partial charge >= 0.3 is 24.7 Å². The molecule has 256 valence electrons. The highest BCUT2D eigenvalue weighted by atomic mass is 32.1. The summed E-state index contributed by atoms with van der Waals surface area (Å²) in [5.74, 6) is 0. The Kier molecular flexibility index (Phi) is 10.7. The molecule has 0 fully saturated rings. The Morgan fingerprint density at radius 2 is 0.896 bits per heavy atom. The minimum Gasteiger partial charge on any atom is -0.354 e. The van der Waals surface area contributed by atoms with Crippen molar-refractivity contribution in [2.75, 3.05) is 5.32 Å². The zero-order valence-electron chi connectivity index (χ0n) is 24.0. The Morgan fingerprint density at radius 1 is 0.521 bits per heavy atom. The predicted octanol–water partition coefficient (Wildman–Crippen LogP) is 10.3. The lowest BCUT2D eigenvalue weighted by atomic mass is 9.93. The maximum absolute atomic E-state index is 13.5. The molecule has 0 aliphatic carbocycles. The topological polar surface area (TPSA) is 36.1 Å². The molecule has 4 rings (SSSR count). The van der Waals surface area contributed by atoms with Gasteiger partial charge in [-0.05, 0) is 65.3 Å². The van der Waals surface area contributed by atoms with Gasteiger partial charge in [-0.2, -0.15) is 52.7 Å². The summed E-state index contributed by atoms with van der Waals surface area (Å²) in [5, 5.41) is 7.70. The largest absolute Gasteiger partial charge is 0.416 e. The first-order valence-corrected chi connectivity index (χ1v) is 14.1. The summed E-state index contributed by atoms with van der Waals surface area (Å²) in [6.45, 7) is -0.527. The standard InChI is InChI=1S/C32H23F12N3S/c33-29(34,35)21-11-18(12-22(13-21)30(36,37)38)17-45-26(19-7-3-1-4-8-19)27(20-9-5-2-6-10-20)47-28(48)46-25-15-23(31(39,40)41)14-24(16-25)32(42,43)44/h1-16,26-27,45H,17H2,(H2,46,47,48)/t26?,27-/m1/s1. The number of thiocarbonyl (C=S) groups is 1. The number of benzene rings is 4. The van der Waals surface area contributed by atoms with E-state index in [-0.39, 0.29) is 17.7 Å². The fraction of sp³-hybridized carbons (Fsp3) is 0.219. The van der Waals surface area contributed by atoms with Gasteiger partial charge in [-0.3, -0.25) is 0 Å². The lowest BCUT2D eigenvalue weighted by molar-refractivity contribution is -0.144.